The lowest BCUT2D eigenvalue weighted by Gasteiger charge is -2.36. The number of fused-ring (bicyclic) bond motifs is 1. The summed E-state index contributed by atoms with van der Waals surface area (Å²) in [5.74, 6) is -0.219. The van der Waals surface area contributed by atoms with Crippen molar-refractivity contribution in [2.75, 3.05) is 31.1 Å². The molecular weight excluding hydrogens is 462 g/mol. The minimum atomic E-state index is -0.484. The van der Waals surface area contributed by atoms with Crippen LogP contribution in [0.2, 0.25) is 0 Å². The average Bonchev–Trinajstić information content (AvgIpc) is 2.92. The largest absolute Gasteiger partial charge is 0.368 e. The molecule has 0 bridgehead atoms. The zero-order valence-electron chi connectivity index (χ0n) is 19.1. The summed E-state index contributed by atoms with van der Waals surface area (Å²) in [6, 6.07) is 21.9. The first-order valence-electron chi connectivity index (χ1n) is 11.3. The third-order valence-corrected chi connectivity index (χ3v) is 6.30. The smallest absolute Gasteiger partial charge is 0.270 e. The Balaban J connectivity index is 1.44. The number of nitro benzene ring substituents is 2. The van der Waals surface area contributed by atoms with Crippen molar-refractivity contribution in [2.45, 2.75) is 0 Å². The van der Waals surface area contributed by atoms with E-state index in [0.717, 1.165) is 11.3 Å². The number of carbonyl (C=O) groups excluding carboxylic acids is 1. The predicted molar refractivity (Wildman–Crippen MR) is 135 cm³/mol. The number of carbonyl (C=O) groups is 1. The van der Waals surface area contributed by atoms with E-state index >= 15 is 0 Å². The lowest BCUT2D eigenvalue weighted by molar-refractivity contribution is -0.385. The minimum absolute atomic E-state index is 0.0282. The second kappa shape index (κ2) is 9.41. The summed E-state index contributed by atoms with van der Waals surface area (Å²) in [6.45, 7) is 1.99. The highest BCUT2D eigenvalue weighted by atomic mass is 16.6. The van der Waals surface area contributed by atoms with Crippen LogP contribution in [0.4, 0.5) is 17.1 Å². The number of aromatic nitrogens is 1. The van der Waals surface area contributed by atoms with Crippen molar-refractivity contribution in [3.8, 4) is 11.3 Å². The highest BCUT2D eigenvalue weighted by molar-refractivity contribution is 6.07. The van der Waals surface area contributed by atoms with Crippen LogP contribution in [-0.4, -0.2) is 51.8 Å². The van der Waals surface area contributed by atoms with E-state index in [1.54, 1.807) is 29.2 Å². The van der Waals surface area contributed by atoms with Gasteiger partial charge in [0, 0.05) is 67.1 Å². The van der Waals surface area contributed by atoms with Gasteiger partial charge in [-0.2, -0.15) is 0 Å². The molecule has 0 spiro atoms. The van der Waals surface area contributed by atoms with Crippen LogP contribution in [0.1, 0.15) is 10.4 Å². The molecule has 0 radical (unpaired) electrons. The van der Waals surface area contributed by atoms with E-state index in [4.69, 9.17) is 0 Å². The number of nitro groups is 2. The molecule has 36 heavy (non-hydrogen) atoms. The van der Waals surface area contributed by atoms with Gasteiger partial charge in [-0.1, -0.05) is 30.3 Å². The van der Waals surface area contributed by atoms with Crippen LogP contribution in [0.15, 0.2) is 78.9 Å². The van der Waals surface area contributed by atoms with E-state index in [-0.39, 0.29) is 17.3 Å². The molecule has 1 amide bonds. The molecule has 10 heteroatoms. The Hall–Kier alpha value is -4.86. The number of rotatable bonds is 5. The van der Waals surface area contributed by atoms with E-state index in [1.807, 2.05) is 30.3 Å². The van der Waals surface area contributed by atoms with Crippen LogP contribution >= 0.6 is 0 Å². The second-order valence-corrected chi connectivity index (χ2v) is 8.43. The van der Waals surface area contributed by atoms with Crippen LogP contribution in [0, 0.1) is 20.2 Å². The summed E-state index contributed by atoms with van der Waals surface area (Å²) < 4.78 is 0. The zero-order valence-corrected chi connectivity index (χ0v) is 19.1. The summed E-state index contributed by atoms with van der Waals surface area (Å²) in [5, 5.41) is 22.7. The molecule has 1 aliphatic heterocycles. The number of piperazine rings is 1. The number of amides is 1. The molecule has 3 aromatic carbocycles. The molecule has 0 unspecified atom stereocenters. The van der Waals surface area contributed by atoms with Gasteiger partial charge in [0.25, 0.3) is 17.3 Å². The first kappa shape index (κ1) is 22.9. The van der Waals surface area contributed by atoms with Gasteiger partial charge in [-0.05, 0) is 24.3 Å². The van der Waals surface area contributed by atoms with Gasteiger partial charge in [0.05, 0.1) is 26.6 Å². The molecule has 180 valence electrons. The number of benzene rings is 3. The van der Waals surface area contributed by atoms with Gasteiger partial charge >= 0.3 is 0 Å². The van der Waals surface area contributed by atoms with Crippen LogP contribution < -0.4 is 4.90 Å². The number of anilines is 1. The lowest BCUT2D eigenvalue weighted by Crippen LogP contribution is -2.48. The fourth-order valence-corrected chi connectivity index (χ4v) is 4.38. The van der Waals surface area contributed by atoms with Crippen LogP contribution in [0.3, 0.4) is 0 Å². The fraction of sp³-hybridized carbons (Fsp3) is 0.154. The number of non-ortho nitro benzene ring substituents is 2. The Kier molecular flexibility index (Phi) is 5.99. The van der Waals surface area contributed by atoms with Gasteiger partial charge in [0.2, 0.25) is 0 Å². The summed E-state index contributed by atoms with van der Waals surface area (Å²) in [5.41, 5.74) is 3.11. The fourth-order valence-electron chi connectivity index (χ4n) is 4.38. The third-order valence-electron chi connectivity index (χ3n) is 6.30. The highest BCUT2D eigenvalue weighted by Crippen LogP contribution is 2.29. The van der Waals surface area contributed by atoms with Crippen molar-refractivity contribution in [1.82, 2.24) is 9.88 Å². The molecule has 0 atom stereocenters. The van der Waals surface area contributed by atoms with E-state index in [0.29, 0.717) is 48.3 Å². The molecule has 1 aliphatic rings. The molecule has 10 nitrogen and oxygen atoms in total. The van der Waals surface area contributed by atoms with Crippen LogP contribution in [0.5, 0.6) is 0 Å². The Morgan fingerprint density at radius 1 is 0.778 bits per heavy atom. The molecule has 0 N–H and O–H groups in total. The van der Waals surface area contributed by atoms with E-state index in [2.05, 4.69) is 9.88 Å². The first-order chi connectivity index (χ1) is 17.4. The normalized spacial score (nSPS) is 13.6. The SMILES string of the molecule is O=C(c1cc(-c2ccccc2)nc2ccc([N+](=O)[O-])cc12)N1CCN(c2ccc([N+](=O)[O-])cc2)CC1. The summed E-state index contributed by atoms with van der Waals surface area (Å²) >= 11 is 0. The van der Waals surface area contributed by atoms with Crippen molar-refractivity contribution < 1.29 is 14.6 Å². The lowest BCUT2D eigenvalue weighted by atomic mass is 10.0. The van der Waals surface area contributed by atoms with Crippen molar-refractivity contribution in [2.24, 2.45) is 0 Å². The summed E-state index contributed by atoms with van der Waals surface area (Å²) in [6.07, 6.45) is 0. The predicted octanol–water partition coefficient (Wildman–Crippen LogP) is 4.68. The van der Waals surface area contributed by atoms with Gasteiger partial charge in [-0.15, -0.1) is 0 Å². The molecular formula is C26H21N5O5. The van der Waals surface area contributed by atoms with Gasteiger partial charge in [-0.25, -0.2) is 4.98 Å². The molecule has 0 saturated carbocycles. The summed E-state index contributed by atoms with van der Waals surface area (Å²) in [7, 11) is 0. The average molecular weight is 483 g/mol. The molecule has 2 heterocycles. The Morgan fingerprint density at radius 3 is 2.06 bits per heavy atom. The third kappa shape index (κ3) is 4.43. The van der Waals surface area contributed by atoms with Crippen molar-refractivity contribution >= 4 is 33.9 Å². The highest BCUT2D eigenvalue weighted by Gasteiger charge is 2.25. The van der Waals surface area contributed by atoms with E-state index in [9.17, 15) is 25.0 Å². The maximum absolute atomic E-state index is 13.7. The number of nitrogens with zero attached hydrogens (tertiary/aromatic N) is 5. The molecule has 1 saturated heterocycles. The Morgan fingerprint density at radius 2 is 1.42 bits per heavy atom. The van der Waals surface area contributed by atoms with Gasteiger partial charge in [0.1, 0.15) is 0 Å². The topological polar surface area (TPSA) is 123 Å². The number of hydrogen-bond donors (Lipinski definition) is 0. The first-order valence-corrected chi connectivity index (χ1v) is 11.3. The van der Waals surface area contributed by atoms with Crippen molar-refractivity contribution in [3.63, 3.8) is 0 Å². The van der Waals surface area contributed by atoms with Crippen LogP contribution in [0.25, 0.3) is 22.2 Å². The quantitative estimate of drug-likeness (QED) is 0.298. The number of pyridine rings is 1. The van der Waals surface area contributed by atoms with E-state index in [1.165, 1.54) is 24.3 Å². The number of hydrogen-bond acceptors (Lipinski definition) is 7. The Bertz CT molecular complexity index is 1470. The van der Waals surface area contributed by atoms with Crippen molar-refractivity contribution in [3.05, 3.63) is 105 Å². The molecule has 1 fully saturated rings. The molecule has 0 aliphatic carbocycles. The van der Waals surface area contributed by atoms with Gasteiger partial charge in [0.15, 0.2) is 0 Å². The minimum Gasteiger partial charge on any atom is -0.368 e. The standard InChI is InChI=1S/C26H21N5O5/c32-26(29-14-12-28(13-15-29)19-6-8-20(9-7-19)30(33)34)23-17-25(18-4-2-1-3-5-18)27-24-11-10-21(31(35)36)16-22(23)24/h1-11,16-17H,12-15H2. The molecule has 1 aromatic heterocycles. The Labute approximate surface area is 205 Å². The summed E-state index contributed by atoms with van der Waals surface area (Å²) in [4.78, 5) is 43.5. The monoisotopic (exact) mass is 483 g/mol. The molecule has 4 aromatic rings. The molecule has 5 rings (SSSR count). The second-order valence-electron chi connectivity index (χ2n) is 8.43. The maximum atomic E-state index is 13.7. The maximum Gasteiger partial charge on any atom is 0.270 e. The van der Waals surface area contributed by atoms with Gasteiger partial charge in [-0.3, -0.25) is 25.0 Å². The van der Waals surface area contributed by atoms with Gasteiger partial charge < -0.3 is 9.80 Å². The van der Waals surface area contributed by atoms with Crippen molar-refractivity contribution in [1.29, 1.82) is 0 Å². The van der Waals surface area contributed by atoms with Crippen LogP contribution in [-0.2, 0) is 0 Å². The zero-order chi connectivity index (χ0) is 25.2. The van der Waals surface area contributed by atoms with E-state index < -0.39 is 9.85 Å².